The van der Waals surface area contributed by atoms with Gasteiger partial charge in [0.2, 0.25) is 0 Å². The molecule has 2 atom stereocenters. The van der Waals surface area contributed by atoms with Crippen LogP contribution >= 0.6 is 9.39 Å². The molecule has 0 aliphatic carbocycles. The Morgan fingerprint density at radius 2 is 2.05 bits per heavy atom. The number of methoxy groups -OCH3 is 1. The van der Waals surface area contributed by atoms with Crippen molar-refractivity contribution in [3.63, 3.8) is 0 Å². The zero-order chi connectivity index (χ0) is 15.4. The highest BCUT2D eigenvalue weighted by atomic mass is 31.0. The molecule has 112 valence electrons. The van der Waals surface area contributed by atoms with Crippen molar-refractivity contribution < 1.29 is 14.6 Å². The van der Waals surface area contributed by atoms with Gasteiger partial charge in [-0.15, -0.1) is 0 Å². The summed E-state index contributed by atoms with van der Waals surface area (Å²) >= 11 is 0. The summed E-state index contributed by atoms with van der Waals surface area (Å²) in [6.07, 6.45) is 0.674. The molecule has 2 unspecified atom stereocenters. The number of para-hydroxylation sites is 1. The Kier molecular flexibility index (Phi) is 2.81. The van der Waals surface area contributed by atoms with Crippen LogP contribution in [0.4, 0.5) is 11.4 Å². The van der Waals surface area contributed by atoms with Crippen LogP contribution in [0.2, 0.25) is 0 Å². The lowest BCUT2D eigenvalue weighted by Crippen LogP contribution is -2.50. The number of ether oxygens (including phenoxy) is 1. The number of hydrogen-bond acceptors (Lipinski definition) is 4. The Morgan fingerprint density at radius 1 is 1.27 bits per heavy atom. The van der Waals surface area contributed by atoms with E-state index in [2.05, 4.69) is 9.39 Å². The fourth-order valence-corrected chi connectivity index (χ4v) is 3.68. The van der Waals surface area contributed by atoms with Gasteiger partial charge in [0.05, 0.1) is 18.4 Å². The summed E-state index contributed by atoms with van der Waals surface area (Å²) in [5.74, 6) is 0.267. The predicted molar refractivity (Wildman–Crippen MR) is 87.6 cm³/mol. The summed E-state index contributed by atoms with van der Waals surface area (Å²) in [5.41, 5.74) is 3.32. The molecule has 2 heterocycles. The fraction of sp³-hybridized carbons (Fsp3) is 0.188. The number of fused-ring (bicyclic) bond motifs is 4. The second-order valence-corrected chi connectivity index (χ2v) is 5.99. The van der Waals surface area contributed by atoms with Crippen molar-refractivity contribution >= 4 is 26.7 Å². The quantitative estimate of drug-likeness (QED) is 0.822. The van der Waals surface area contributed by atoms with Crippen molar-refractivity contribution in [2.24, 2.45) is 0 Å². The van der Waals surface area contributed by atoms with Crippen LogP contribution in [0.15, 0.2) is 36.4 Å². The number of aromatic hydroxyl groups is 1. The number of nitrogens with zero attached hydrogens (tertiary/aromatic N) is 2. The van der Waals surface area contributed by atoms with Crippen LogP contribution in [0.25, 0.3) is 0 Å². The molecule has 2 aromatic rings. The van der Waals surface area contributed by atoms with E-state index < -0.39 is 0 Å². The average Bonchev–Trinajstić information content (AvgIpc) is 2.92. The van der Waals surface area contributed by atoms with E-state index in [1.54, 1.807) is 17.0 Å². The van der Waals surface area contributed by atoms with Gasteiger partial charge in [-0.25, -0.2) is 0 Å². The number of carbonyl (C=O) groups is 1. The third kappa shape index (κ3) is 1.66. The molecular formula is C16H15N2O3P. The minimum Gasteiger partial charge on any atom is -0.504 e. The second-order valence-electron chi connectivity index (χ2n) is 5.44. The van der Waals surface area contributed by atoms with Crippen LogP contribution in [-0.4, -0.2) is 24.3 Å². The van der Waals surface area contributed by atoms with Crippen molar-refractivity contribution in [3.05, 3.63) is 47.5 Å². The van der Waals surface area contributed by atoms with E-state index in [0.717, 1.165) is 17.7 Å². The van der Waals surface area contributed by atoms with Crippen LogP contribution in [0.1, 0.15) is 15.9 Å². The molecule has 1 amide bonds. The first-order valence-electron chi connectivity index (χ1n) is 6.98. The number of anilines is 2. The number of hydrogen-bond donors (Lipinski definition) is 1. The number of amides is 1. The van der Waals surface area contributed by atoms with Gasteiger partial charge in [0, 0.05) is 18.2 Å². The van der Waals surface area contributed by atoms with Crippen molar-refractivity contribution in [2.45, 2.75) is 12.6 Å². The molecule has 2 aliphatic heterocycles. The normalized spacial score (nSPS) is 18.8. The van der Waals surface area contributed by atoms with E-state index in [1.165, 1.54) is 7.11 Å². The molecule has 2 aromatic carbocycles. The molecule has 4 rings (SSSR count). The second kappa shape index (κ2) is 4.62. The number of phenols is 1. The number of carbonyl (C=O) groups excluding carboxylic acids is 1. The first-order valence-corrected chi connectivity index (χ1v) is 7.50. The Bertz CT molecular complexity index is 793. The molecule has 1 N–H and O–H groups in total. The van der Waals surface area contributed by atoms with Gasteiger partial charge in [0.15, 0.2) is 11.5 Å². The van der Waals surface area contributed by atoms with E-state index in [0.29, 0.717) is 17.0 Å². The van der Waals surface area contributed by atoms with Gasteiger partial charge >= 0.3 is 0 Å². The van der Waals surface area contributed by atoms with Crippen molar-refractivity contribution in [1.29, 1.82) is 0 Å². The summed E-state index contributed by atoms with van der Waals surface area (Å²) in [7, 11) is 4.13. The van der Waals surface area contributed by atoms with Crippen LogP contribution in [0.5, 0.6) is 11.5 Å². The zero-order valence-electron chi connectivity index (χ0n) is 12.0. The Balaban J connectivity index is 1.90. The summed E-state index contributed by atoms with van der Waals surface area (Å²) in [5, 5.41) is 10.00. The largest absolute Gasteiger partial charge is 0.504 e. The highest BCUT2D eigenvalue weighted by Crippen LogP contribution is 2.45. The van der Waals surface area contributed by atoms with Crippen molar-refractivity contribution in [1.82, 2.24) is 0 Å². The van der Waals surface area contributed by atoms with E-state index in [4.69, 9.17) is 4.74 Å². The summed E-state index contributed by atoms with van der Waals surface area (Å²) in [6, 6.07) is 11.1. The number of benzene rings is 2. The smallest absolute Gasteiger partial charge is 0.262 e. The maximum absolute atomic E-state index is 12.9. The first kappa shape index (κ1) is 13.4. The summed E-state index contributed by atoms with van der Waals surface area (Å²) in [4.78, 5) is 14.7. The molecule has 0 saturated heterocycles. The minimum atomic E-state index is -0.0878. The van der Waals surface area contributed by atoms with Gasteiger partial charge < -0.3 is 14.5 Å². The van der Waals surface area contributed by atoms with E-state index in [1.807, 2.05) is 28.9 Å². The monoisotopic (exact) mass is 314 g/mol. The highest BCUT2D eigenvalue weighted by Gasteiger charge is 2.42. The lowest BCUT2D eigenvalue weighted by atomic mass is 10.1. The molecule has 0 fully saturated rings. The zero-order valence-corrected chi connectivity index (χ0v) is 13.1. The molecule has 5 nitrogen and oxygen atoms in total. The molecule has 0 radical (unpaired) electrons. The van der Waals surface area contributed by atoms with E-state index >= 15 is 0 Å². The topological polar surface area (TPSA) is 53.0 Å². The molecule has 0 saturated carbocycles. The van der Waals surface area contributed by atoms with Gasteiger partial charge in [-0.05, 0) is 27.1 Å². The third-order valence-corrected chi connectivity index (χ3v) is 4.92. The molecule has 2 aliphatic rings. The number of rotatable bonds is 1. The lowest BCUT2D eigenvalue weighted by Gasteiger charge is -2.39. The van der Waals surface area contributed by atoms with Gasteiger partial charge in [-0.2, -0.15) is 0 Å². The Labute approximate surface area is 130 Å². The average molecular weight is 314 g/mol. The molecule has 0 spiro atoms. The summed E-state index contributed by atoms with van der Waals surface area (Å²) in [6.45, 7) is 0. The molecule has 6 heteroatoms. The minimum absolute atomic E-state index is 0.0328. The maximum atomic E-state index is 12.9. The Morgan fingerprint density at radius 3 is 2.82 bits per heavy atom. The van der Waals surface area contributed by atoms with Crippen LogP contribution < -0.4 is 14.3 Å². The van der Waals surface area contributed by atoms with Gasteiger partial charge in [-0.3, -0.25) is 9.69 Å². The maximum Gasteiger partial charge on any atom is 0.262 e. The van der Waals surface area contributed by atoms with Gasteiger partial charge in [-0.1, -0.05) is 18.2 Å². The SMILES string of the molecule is COc1cc2c(cc1O)N(P)C1Cc3ccccc3N1C2=O. The van der Waals surface area contributed by atoms with Crippen molar-refractivity contribution in [2.75, 3.05) is 16.7 Å². The number of phenolic OH excluding ortho intramolecular Hbond substituents is 1. The third-order valence-electron chi connectivity index (χ3n) is 4.30. The van der Waals surface area contributed by atoms with Crippen molar-refractivity contribution in [3.8, 4) is 11.5 Å². The molecule has 0 aromatic heterocycles. The fourth-order valence-electron chi connectivity index (χ4n) is 3.23. The van der Waals surface area contributed by atoms with E-state index in [9.17, 15) is 9.90 Å². The van der Waals surface area contributed by atoms with E-state index in [-0.39, 0.29) is 17.8 Å². The molecule has 22 heavy (non-hydrogen) atoms. The highest BCUT2D eigenvalue weighted by molar-refractivity contribution is 7.19. The lowest BCUT2D eigenvalue weighted by molar-refractivity contribution is 0.0975. The van der Waals surface area contributed by atoms with Gasteiger partial charge in [0.1, 0.15) is 6.17 Å². The predicted octanol–water partition coefficient (Wildman–Crippen LogP) is 2.54. The van der Waals surface area contributed by atoms with Crippen LogP contribution in [0.3, 0.4) is 0 Å². The summed E-state index contributed by atoms with van der Waals surface area (Å²) < 4.78 is 7.08. The van der Waals surface area contributed by atoms with Crippen LogP contribution in [0, 0.1) is 0 Å². The van der Waals surface area contributed by atoms with Gasteiger partial charge in [0.25, 0.3) is 5.91 Å². The Hall–Kier alpha value is -2.26. The first-order chi connectivity index (χ1) is 10.6. The van der Waals surface area contributed by atoms with Crippen LogP contribution in [-0.2, 0) is 6.42 Å². The molecular weight excluding hydrogens is 299 g/mol. The molecule has 0 bridgehead atoms. The standard InChI is InChI=1S/C16H15N2O3P/c1-21-14-7-10-12(8-13(14)19)18(22)15-6-9-4-2-3-5-11(9)17(15)16(10)20/h2-5,7-8,15,19H,6,22H2,1H3.